The van der Waals surface area contributed by atoms with Crippen LogP contribution in [0.25, 0.3) is 10.8 Å². The first-order valence-electron chi connectivity index (χ1n) is 8.67. The van der Waals surface area contributed by atoms with Crippen LogP contribution in [0.3, 0.4) is 0 Å². The number of aromatic hydroxyl groups is 2. The summed E-state index contributed by atoms with van der Waals surface area (Å²) in [5.74, 6) is -2.33. The van der Waals surface area contributed by atoms with Gasteiger partial charge in [-0.05, 0) is 18.9 Å². The molecular weight excluding hydrogens is 352 g/mol. The second-order valence-electron chi connectivity index (χ2n) is 6.42. The van der Waals surface area contributed by atoms with Crippen molar-refractivity contribution in [1.82, 2.24) is 10.6 Å². The number of carbonyl (C=O) groups excluding carboxylic acids is 3. The van der Waals surface area contributed by atoms with Crippen molar-refractivity contribution in [2.75, 3.05) is 6.61 Å². The number of amides is 3. The largest absolute Gasteiger partial charge is 0.507 e. The Kier molecular flexibility index (Phi) is 5.44. The molecule has 1 fully saturated rings. The lowest BCUT2D eigenvalue weighted by Crippen LogP contribution is -2.44. The quantitative estimate of drug-likeness (QED) is 0.482. The van der Waals surface area contributed by atoms with Crippen LogP contribution >= 0.6 is 0 Å². The number of carbonyl (C=O) groups is 3. The monoisotopic (exact) mass is 372 g/mol. The lowest BCUT2D eigenvalue weighted by atomic mass is 10.0. The van der Waals surface area contributed by atoms with E-state index in [1.54, 1.807) is 24.3 Å². The van der Waals surface area contributed by atoms with E-state index in [4.69, 9.17) is 4.74 Å². The van der Waals surface area contributed by atoms with Gasteiger partial charge in [-0.2, -0.15) is 0 Å². The van der Waals surface area contributed by atoms with Crippen molar-refractivity contribution in [2.24, 2.45) is 0 Å². The topological polar surface area (TPSA) is 125 Å². The van der Waals surface area contributed by atoms with Crippen molar-refractivity contribution in [2.45, 2.75) is 31.7 Å². The van der Waals surface area contributed by atoms with Gasteiger partial charge in [-0.1, -0.05) is 37.1 Å². The van der Waals surface area contributed by atoms with Gasteiger partial charge in [0.05, 0.1) is 0 Å². The third-order valence-corrected chi connectivity index (χ3v) is 4.49. The van der Waals surface area contributed by atoms with Crippen molar-refractivity contribution in [3.63, 3.8) is 0 Å². The fourth-order valence-electron chi connectivity index (χ4n) is 3.16. The van der Waals surface area contributed by atoms with Crippen molar-refractivity contribution in [1.29, 1.82) is 0 Å². The molecule has 2 aromatic carbocycles. The van der Waals surface area contributed by atoms with Crippen LogP contribution in [0.15, 0.2) is 30.3 Å². The number of imide groups is 1. The number of ether oxygens (including phenoxy) is 1. The van der Waals surface area contributed by atoms with Crippen molar-refractivity contribution in [3.05, 3.63) is 35.9 Å². The Morgan fingerprint density at radius 3 is 2.44 bits per heavy atom. The summed E-state index contributed by atoms with van der Waals surface area (Å²) >= 11 is 0. The first-order chi connectivity index (χ1) is 13.0. The molecule has 8 heteroatoms. The van der Waals surface area contributed by atoms with Gasteiger partial charge < -0.3 is 20.3 Å². The zero-order chi connectivity index (χ0) is 19.4. The van der Waals surface area contributed by atoms with Gasteiger partial charge in [-0.25, -0.2) is 9.59 Å². The van der Waals surface area contributed by atoms with E-state index in [0.29, 0.717) is 5.39 Å². The van der Waals surface area contributed by atoms with Crippen molar-refractivity contribution in [3.8, 4) is 11.5 Å². The summed E-state index contributed by atoms with van der Waals surface area (Å²) in [7, 11) is 0. The fraction of sp³-hybridized carbons (Fsp3) is 0.316. The Labute approximate surface area is 155 Å². The highest BCUT2D eigenvalue weighted by atomic mass is 16.5. The van der Waals surface area contributed by atoms with Crippen LogP contribution in [0, 0.1) is 0 Å². The Hall–Kier alpha value is -3.29. The number of rotatable bonds is 4. The summed E-state index contributed by atoms with van der Waals surface area (Å²) in [6.45, 7) is -0.691. The molecule has 0 aliphatic heterocycles. The van der Waals surface area contributed by atoms with E-state index in [0.717, 1.165) is 31.7 Å². The van der Waals surface area contributed by atoms with Crippen LogP contribution < -0.4 is 10.6 Å². The minimum Gasteiger partial charge on any atom is -0.507 e. The number of hydrogen-bond donors (Lipinski definition) is 4. The van der Waals surface area contributed by atoms with Gasteiger partial charge in [0.1, 0.15) is 17.1 Å². The maximum absolute atomic E-state index is 12.2. The van der Waals surface area contributed by atoms with Gasteiger partial charge in [0.2, 0.25) is 0 Å². The van der Waals surface area contributed by atoms with Crippen molar-refractivity contribution < 1.29 is 29.3 Å². The predicted molar refractivity (Wildman–Crippen MR) is 96.5 cm³/mol. The van der Waals surface area contributed by atoms with Gasteiger partial charge in [-0.15, -0.1) is 0 Å². The summed E-state index contributed by atoms with van der Waals surface area (Å²) in [5, 5.41) is 25.7. The summed E-state index contributed by atoms with van der Waals surface area (Å²) in [6.07, 6.45) is 3.83. The molecule has 0 unspecified atom stereocenters. The number of nitrogens with one attached hydrogen (secondary N) is 2. The number of phenols is 2. The van der Waals surface area contributed by atoms with E-state index in [1.807, 2.05) is 0 Å². The molecule has 0 atom stereocenters. The average molecular weight is 372 g/mol. The summed E-state index contributed by atoms with van der Waals surface area (Å²) in [5.41, 5.74) is -0.269. The first kappa shape index (κ1) is 18.5. The van der Waals surface area contributed by atoms with Gasteiger partial charge in [-0.3, -0.25) is 10.1 Å². The maximum atomic E-state index is 12.2. The molecule has 3 amide bonds. The number of phenolic OH excluding ortho intramolecular Hbond substituents is 2. The third-order valence-electron chi connectivity index (χ3n) is 4.49. The minimum absolute atomic E-state index is 0.0536. The molecule has 0 saturated heterocycles. The summed E-state index contributed by atoms with van der Waals surface area (Å²) in [6, 6.07) is 6.96. The molecule has 4 N–H and O–H groups in total. The van der Waals surface area contributed by atoms with Crippen LogP contribution in [-0.2, 0) is 9.53 Å². The molecule has 0 radical (unpaired) electrons. The maximum Gasteiger partial charge on any atom is 0.342 e. The Morgan fingerprint density at radius 2 is 1.74 bits per heavy atom. The molecule has 1 aliphatic carbocycles. The minimum atomic E-state index is -0.986. The molecule has 27 heavy (non-hydrogen) atoms. The summed E-state index contributed by atoms with van der Waals surface area (Å²) < 4.78 is 4.84. The van der Waals surface area contributed by atoms with Crippen LogP contribution in [0.2, 0.25) is 0 Å². The normalized spacial score (nSPS) is 14.1. The van der Waals surface area contributed by atoms with E-state index in [9.17, 15) is 24.6 Å². The van der Waals surface area contributed by atoms with E-state index in [1.165, 1.54) is 0 Å². The first-order valence-corrected chi connectivity index (χ1v) is 8.67. The van der Waals surface area contributed by atoms with E-state index < -0.39 is 24.5 Å². The zero-order valence-electron chi connectivity index (χ0n) is 14.5. The third kappa shape index (κ3) is 4.28. The Balaban J connectivity index is 1.59. The number of benzene rings is 2. The molecule has 2 aromatic rings. The summed E-state index contributed by atoms with van der Waals surface area (Å²) in [4.78, 5) is 35.6. The van der Waals surface area contributed by atoms with E-state index >= 15 is 0 Å². The Bertz CT molecular complexity index is 889. The zero-order valence-corrected chi connectivity index (χ0v) is 14.5. The smallest absolute Gasteiger partial charge is 0.342 e. The molecular formula is C19H20N2O6. The van der Waals surface area contributed by atoms with Crippen LogP contribution in [0.1, 0.15) is 36.0 Å². The van der Waals surface area contributed by atoms with Crippen LogP contribution in [-0.4, -0.2) is 40.8 Å². The SMILES string of the molecule is O=C(COC(=O)c1cc(O)c2ccccc2c1O)NC(=O)NC1CCCC1. The van der Waals surface area contributed by atoms with Gasteiger partial charge in [0.25, 0.3) is 5.91 Å². The second kappa shape index (κ2) is 7.94. The molecule has 0 spiro atoms. The molecule has 0 bridgehead atoms. The number of urea groups is 1. The highest BCUT2D eigenvalue weighted by Crippen LogP contribution is 2.35. The average Bonchev–Trinajstić information content (AvgIpc) is 3.15. The van der Waals surface area contributed by atoms with Crippen LogP contribution in [0.4, 0.5) is 4.79 Å². The molecule has 1 aliphatic rings. The van der Waals surface area contributed by atoms with Crippen molar-refractivity contribution >= 4 is 28.7 Å². The Morgan fingerprint density at radius 1 is 1.07 bits per heavy atom. The molecule has 8 nitrogen and oxygen atoms in total. The number of esters is 1. The van der Waals surface area contributed by atoms with Gasteiger partial charge in [0, 0.05) is 16.8 Å². The van der Waals surface area contributed by atoms with Gasteiger partial charge in [0.15, 0.2) is 6.61 Å². The molecule has 0 heterocycles. The molecule has 1 saturated carbocycles. The lowest BCUT2D eigenvalue weighted by Gasteiger charge is -2.12. The number of fused-ring (bicyclic) bond motifs is 1. The standard InChI is InChI=1S/C19H20N2O6/c22-15-9-14(17(24)13-8-4-3-7-12(13)15)18(25)27-10-16(23)21-19(26)20-11-5-1-2-6-11/h3-4,7-9,11,22,24H,1-2,5-6,10H2,(H2,20,21,23,26). The fourth-order valence-corrected chi connectivity index (χ4v) is 3.16. The highest BCUT2D eigenvalue weighted by molar-refractivity contribution is 6.04. The predicted octanol–water partition coefficient (Wildman–Crippen LogP) is 2.18. The molecule has 0 aromatic heterocycles. The van der Waals surface area contributed by atoms with Crippen LogP contribution in [0.5, 0.6) is 11.5 Å². The molecule has 142 valence electrons. The second-order valence-corrected chi connectivity index (χ2v) is 6.42. The van der Waals surface area contributed by atoms with E-state index in [-0.39, 0.29) is 28.5 Å². The lowest BCUT2D eigenvalue weighted by molar-refractivity contribution is -0.123. The highest BCUT2D eigenvalue weighted by Gasteiger charge is 2.21. The number of hydrogen-bond acceptors (Lipinski definition) is 6. The van der Waals surface area contributed by atoms with E-state index in [2.05, 4.69) is 10.6 Å². The molecule has 3 rings (SSSR count). The van der Waals surface area contributed by atoms with Gasteiger partial charge >= 0.3 is 12.0 Å².